The highest BCUT2D eigenvalue weighted by molar-refractivity contribution is 6.35. The first kappa shape index (κ1) is 15.8. The molecule has 2 aromatic rings. The Balaban J connectivity index is 1.66. The minimum absolute atomic E-state index is 0.241. The van der Waals surface area contributed by atoms with Crippen molar-refractivity contribution in [1.29, 1.82) is 0 Å². The molecule has 0 bridgehead atoms. The van der Waals surface area contributed by atoms with Crippen LogP contribution in [-0.4, -0.2) is 18.0 Å². The molecule has 0 saturated carbocycles. The van der Waals surface area contributed by atoms with Gasteiger partial charge in [-0.15, -0.1) is 0 Å². The summed E-state index contributed by atoms with van der Waals surface area (Å²) in [5.41, 5.74) is 2.07. The van der Waals surface area contributed by atoms with Crippen LogP contribution in [0.25, 0.3) is 0 Å². The van der Waals surface area contributed by atoms with Crippen LogP contribution in [0, 0.1) is 0 Å². The lowest BCUT2D eigenvalue weighted by molar-refractivity contribution is -0.130. The number of hydrogen-bond donors (Lipinski definition) is 1. The van der Waals surface area contributed by atoms with E-state index in [0.29, 0.717) is 22.0 Å². The second-order valence-electron chi connectivity index (χ2n) is 5.21. The molecular formula is C17H13Cl2NO3. The van der Waals surface area contributed by atoms with Gasteiger partial charge in [0.15, 0.2) is 6.10 Å². The smallest absolute Gasteiger partial charge is 0.339 e. The number of carbonyl (C=O) groups excluding carboxylic acids is 2. The molecule has 1 aliphatic heterocycles. The van der Waals surface area contributed by atoms with Gasteiger partial charge in [-0.2, -0.15) is 0 Å². The molecule has 6 heteroatoms. The number of hydrogen-bond acceptors (Lipinski definition) is 3. The zero-order valence-corrected chi connectivity index (χ0v) is 13.5. The van der Waals surface area contributed by atoms with Gasteiger partial charge in [-0.05, 0) is 29.3 Å². The maximum Gasteiger partial charge on any atom is 0.339 e. The van der Waals surface area contributed by atoms with Crippen molar-refractivity contribution in [2.24, 2.45) is 0 Å². The quantitative estimate of drug-likeness (QED) is 0.864. The van der Waals surface area contributed by atoms with Crippen molar-refractivity contribution in [1.82, 2.24) is 5.32 Å². The number of esters is 1. The first-order valence-electron chi connectivity index (χ1n) is 7.05. The fraction of sp³-hybridized carbons (Fsp3) is 0.176. The fourth-order valence-corrected chi connectivity index (χ4v) is 2.91. The predicted octanol–water partition coefficient (Wildman–Crippen LogP) is 3.39. The van der Waals surface area contributed by atoms with Gasteiger partial charge in [0.1, 0.15) is 0 Å². The lowest BCUT2D eigenvalue weighted by atomic mass is 9.98. The summed E-state index contributed by atoms with van der Waals surface area (Å²) >= 11 is 11.9. The number of amides is 1. The maximum absolute atomic E-state index is 12.2. The van der Waals surface area contributed by atoms with E-state index in [1.807, 2.05) is 12.1 Å². The molecule has 0 aliphatic carbocycles. The molecule has 0 radical (unpaired) electrons. The summed E-state index contributed by atoms with van der Waals surface area (Å²) in [4.78, 5) is 24.2. The third-order valence-electron chi connectivity index (χ3n) is 3.65. The van der Waals surface area contributed by atoms with Crippen LogP contribution in [0.5, 0.6) is 0 Å². The number of carbonyl (C=O) groups is 2. The van der Waals surface area contributed by atoms with Gasteiger partial charge in [0.05, 0.1) is 5.56 Å². The van der Waals surface area contributed by atoms with Gasteiger partial charge in [-0.3, -0.25) is 4.79 Å². The van der Waals surface area contributed by atoms with Gasteiger partial charge in [0.25, 0.3) is 5.91 Å². The molecule has 1 aliphatic rings. The molecule has 1 heterocycles. The average molecular weight is 350 g/mol. The summed E-state index contributed by atoms with van der Waals surface area (Å²) in [5, 5.41) is 3.74. The summed E-state index contributed by atoms with van der Waals surface area (Å²) in [5.74, 6) is -0.824. The fourth-order valence-electron chi connectivity index (χ4n) is 2.44. The van der Waals surface area contributed by atoms with E-state index >= 15 is 0 Å². The van der Waals surface area contributed by atoms with Crippen molar-refractivity contribution in [2.75, 3.05) is 0 Å². The lowest BCUT2D eigenvalue weighted by Crippen LogP contribution is -2.41. The van der Waals surface area contributed by atoms with Gasteiger partial charge >= 0.3 is 5.97 Å². The number of fused-ring (bicyclic) bond motifs is 1. The summed E-state index contributed by atoms with van der Waals surface area (Å²) in [6.07, 6.45) is -0.467. The first-order valence-corrected chi connectivity index (χ1v) is 7.80. The Morgan fingerprint density at radius 3 is 2.78 bits per heavy atom. The normalized spacial score (nSPS) is 16.4. The van der Waals surface area contributed by atoms with Crippen LogP contribution >= 0.6 is 23.2 Å². The summed E-state index contributed by atoms with van der Waals surface area (Å²) in [6, 6.07) is 12.2. The third-order valence-corrected chi connectivity index (χ3v) is 4.24. The molecule has 2 aromatic carbocycles. The molecular weight excluding hydrogens is 337 g/mol. The summed E-state index contributed by atoms with van der Waals surface area (Å²) < 4.78 is 5.21. The maximum atomic E-state index is 12.2. The van der Waals surface area contributed by atoms with Gasteiger partial charge < -0.3 is 10.1 Å². The van der Waals surface area contributed by atoms with Crippen LogP contribution in [0.2, 0.25) is 10.0 Å². The zero-order valence-electron chi connectivity index (χ0n) is 12.0. The third kappa shape index (κ3) is 3.49. The van der Waals surface area contributed by atoms with Gasteiger partial charge in [0, 0.05) is 23.0 Å². The Bertz CT molecular complexity index is 776. The van der Waals surface area contributed by atoms with E-state index in [0.717, 1.165) is 11.1 Å². The first-order chi connectivity index (χ1) is 11.0. The predicted molar refractivity (Wildman–Crippen MR) is 87.7 cm³/mol. The van der Waals surface area contributed by atoms with Crippen LogP contribution < -0.4 is 5.32 Å². The number of rotatable bonds is 3. The van der Waals surface area contributed by atoms with Gasteiger partial charge in [-0.1, -0.05) is 47.5 Å². The SMILES string of the molecule is O=C1O[C@H](C(=O)NCc2ccc(Cl)cc2Cl)Cc2ccccc21. The van der Waals surface area contributed by atoms with Crippen LogP contribution in [0.4, 0.5) is 0 Å². The molecule has 1 amide bonds. The molecule has 1 atom stereocenters. The Morgan fingerprint density at radius 2 is 2.00 bits per heavy atom. The molecule has 23 heavy (non-hydrogen) atoms. The van der Waals surface area contributed by atoms with E-state index < -0.39 is 12.1 Å². The Kier molecular flexibility index (Phi) is 4.55. The van der Waals surface area contributed by atoms with Crippen LogP contribution in [-0.2, 0) is 22.5 Å². The largest absolute Gasteiger partial charge is 0.448 e. The average Bonchev–Trinajstić information content (AvgIpc) is 2.53. The van der Waals surface area contributed by atoms with E-state index in [4.69, 9.17) is 27.9 Å². The van der Waals surface area contributed by atoms with Crippen molar-refractivity contribution in [3.8, 4) is 0 Å². The molecule has 3 rings (SSSR count). The van der Waals surface area contributed by atoms with Crippen molar-refractivity contribution in [2.45, 2.75) is 19.1 Å². The summed E-state index contributed by atoms with van der Waals surface area (Å²) in [6.45, 7) is 0.241. The second kappa shape index (κ2) is 6.60. The Hall–Kier alpha value is -2.04. The molecule has 4 nitrogen and oxygen atoms in total. The van der Waals surface area contributed by atoms with Crippen molar-refractivity contribution in [3.63, 3.8) is 0 Å². The molecule has 0 aromatic heterocycles. The molecule has 0 saturated heterocycles. The minimum atomic E-state index is -0.830. The highest BCUT2D eigenvalue weighted by Gasteiger charge is 2.30. The lowest BCUT2D eigenvalue weighted by Gasteiger charge is -2.23. The van der Waals surface area contributed by atoms with Crippen LogP contribution in [0.15, 0.2) is 42.5 Å². The standard InChI is InChI=1S/C17H13Cl2NO3/c18-12-6-5-11(14(19)8-12)9-20-16(21)15-7-10-3-1-2-4-13(10)17(22)23-15/h1-6,8,15H,7,9H2,(H,20,21)/t15-/m0/s1. The summed E-state index contributed by atoms with van der Waals surface area (Å²) in [7, 11) is 0. The van der Waals surface area contributed by atoms with Crippen LogP contribution in [0.3, 0.4) is 0 Å². The van der Waals surface area contributed by atoms with E-state index in [1.165, 1.54) is 0 Å². The highest BCUT2D eigenvalue weighted by Crippen LogP contribution is 2.22. The van der Waals surface area contributed by atoms with E-state index in [-0.39, 0.29) is 12.5 Å². The molecule has 0 fully saturated rings. The zero-order chi connectivity index (χ0) is 16.4. The van der Waals surface area contributed by atoms with E-state index in [2.05, 4.69) is 5.32 Å². The molecule has 118 valence electrons. The number of halogens is 2. The van der Waals surface area contributed by atoms with E-state index in [1.54, 1.807) is 30.3 Å². The second-order valence-corrected chi connectivity index (χ2v) is 6.05. The van der Waals surface area contributed by atoms with Crippen LogP contribution in [0.1, 0.15) is 21.5 Å². The molecule has 1 N–H and O–H groups in total. The number of benzene rings is 2. The number of cyclic esters (lactones) is 1. The number of nitrogens with one attached hydrogen (secondary N) is 1. The molecule has 0 spiro atoms. The monoisotopic (exact) mass is 349 g/mol. The Morgan fingerprint density at radius 1 is 1.22 bits per heavy atom. The highest BCUT2D eigenvalue weighted by atomic mass is 35.5. The van der Waals surface area contributed by atoms with Crippen molar-refractivity contribution >= 4 is 35.1 Å². The van der Waals surface area contributed by atoms with Gasteiger partial charge in [-0.25, -0.2) is 4.79 Å². The number of ether oxygens (including phenoxy) is 1. The van der Waals surface area contributed by atoms with Gasteiger partial charge in [0.2, 0.25) is 0 Å². The van der Waals surface area contributed by atoms with Crippen molar-refractivity contribution < 1.29 is 14.3 Å². The van der Waals surface area contributed by atoms with E-state index in [9.17, 15) is 9.59 Å². The van der Waals surface area contributed by atoms with Crippen molar-refractivity contribution in [3.05, 3.63) is 69.2 Å². The minimum Gasteiger partial charge on any atom is -0.448 e. The molecule has 0 unspecified atom stereocenters. The Labute approximate surface area is 143 Å². The topological polar surface area (TPSA) is 55.4 Å².